The van der Waals surface area contributed by atoms with Crippen LogP contribution in [0.4, 0.5) is 0 Å². The lowest BCUT2D eigenvalue weighted by atomic mass is 9.92. The van der Waals surface area contributed by atoms with Crippen molar-refractivity contribution in [3.63, 3.8) is 0 Å². The molecule has 0 amide bonds. The molecule has 2 aromatic carbocycles. The van der Waals surface area contributed by atoms with Crippen LogP contribution in [0.1, 0.15) is 24.2 Å². The summed E-state index contributed by atoms with van der Waals surface area (Å²) in [6.07, 6.45) is -0.517. The Kier molecular flexibility index (Phi) is 4.71. The summed E-state index contributed by atoms with van der Waals surface area (Å²) < 4.78 is 22.5. The highest BCUT2D eigenvalue weighted by Crippen LogP contribution is 2.44. The summed E-state index contributed by atoms with van der Waals surface area (Å²) in [4.78, 5) is 0. The van der Waals surface area contributed by atoms with Gasteiger partial charge in [-0.25, -0.2) is 0 Å². The van der Waals surface area contributed by atoms with Crippen LogP contribution in [0.2, 0.25) is 0 Å². The van der Waals surface area contributed by atoms with Crippen molar-refractivity contribution in [3.05, 3.63) is 35.4 Å². The molecule has 1 unspecified atom stereocenters. The second kappa shape index (κ2) is 6.74. The molecule has 124 valence electrons. The van der Waals surface area contributed by atoms with Crippen LogP contribution >= 0.6 is 0 Å². The zero-order valence-corrected chi connectivity index (χ0v) is 13.7. The van der Waals surface area contributed by atoms with Gasteiger partial charge in [0, 0.05) is 28.3 Å². The molecule has 1 aliphatic heterocycles. The smallest absolute Gasteiger partial charge is 0.161 e. The number of hydrogen-bond donors (Lipinski definition) is 1. The molecule has 3 rings (SSSR count). The van der Waals surface area contributed by atoms with Gasteiger partial charge in [-0.1, -0.05) is 24.3 Å². The monoisotopic (exact) mass is 318 g/mol. The highest BCUT2D eigenvalue weighted by atomic mass is 16.7. The molecule has 5 nitrogen and oxygen atoms in total. The van der Waals surface area contributed by atoms with Gasteiger partial charge in [-0.2, -0.15) is 0 Å². The molecule has 23 heavy (non-hydrogen) atoms. The minimum atomic E-state index is -0.695. The molecule has 0 radical (unpaired) electrons. The van der Waals surface area contributed by atoms with Crippen LogP contribution < -0.4 is 9.47 Å². The molecular weight excluding hydrogens is 296 g/mol. The molecule has 1 atom stereocenters. The van der Waals surface area contributed by atoms with E-state index >= 15 is 0 Å². The van der Waals surface area contributed by atoms with Crippen LogP contribution in [0.3, 0.4) is 0 Å². The lowest BCUT2D eigenvalue weighted by Crippen LogP contribution is -2.15. The third kappa shape index (κ3) is 2.87. The second-order valence-electron chi connectivity index (χ2n) is 5.56. The largest absolute Gasteiger partial charge is 0.496 e. The fraction of sp³-hybridized carbons (Fsp3) is 0.444. The lowest BCUT2D eigenvalue weighted by molar-refractivity contribution is -0.0406. The van der Waals surface area contributed by atoms with E-state index in [9.17, 15) is 5.11 Å². The number of rotatable bonds is 5. The molecule has 1 aliphatic rings. The molecule has 1 N–H and O–H groups in total. The van der Waals surface area contributed by atoms with Crippen LogP contribution in [0.5, 0.6) is 11.5 Å². The van der Waals surface area contributed by atoms with Crippen molar-refractivity contribution in [2.24, 2.45) is 0 Å². The average molecular weight is 318 g/mol. The van der Waals surface area contributed by atoms with Crippen molar-refractivity contribution in [1.82, 2.24) is 0 Å². The first kappa shape index (κ1) is 16.1. The third-order valence-electron chi connectivity index (χ3n) is 4.15. The van der Waals surface area contributed by atoms with E-state index < -0.39 is 6.10 Å². The van der Waals surface area contributed by atoms with Crippen molar-refractivity contribution in [3.8, 4) is 11.5 Å². The summed E-state index contributed by atoms with van der Waals surface area (Å²) in [6.45, 7) is 2.90. The number of fused-ring (bicyclic) bond motifs is 1. The Hall–Kier alpha value is -1.82. The Morgan fingerprint density at radius 1 is 1.09 bits per heavy atom. The van der Waals surface area contributed by atoms with Gasteiger partial charge in [-0.3, -0.25) is 0 Å². The molecule has 0 aliphatic carbocycles. The van der Waals surface area contributed by atoms with Crippen LogP contribution in [0, 0.1) is 0 Å². The third-order valence-corrected chi connectivity index (χ3v) is 4.15. The van der Waals surface area contributed by atoms with E-state index in [2.05, 4.69) is 0 Å². The van der Waals surface area contributed by atoms with Gasteiger partial charge in [0.1, 0.15) is 11.5 Å². The van der Waals surface area contributed by atoms with Crippen molar-refractivity contribution in [1.29, 1.82) is 0 Å². The summed E-state index contributed by atoms with van der Waals surface area (Å²) >= 11 is 0. The zero-order chi connectivity index (χ0) is 16.4. The maximum atomic E-state index is 10.4. The van der Waals surface area contributed by atoms with Crippen LogP contribution in [0.15, 0.2) is 24.3 Å². The van der Waals surface area contributed by atoms with Crippen LogP contribution in [0.25, 0.3) is 10.8 Å². The number of aliphatic hydroxyl groups is 1. The predicted molar refractivity (Wildman–Crippen MR) is 87.1 cm³/mol. The van der Waals surface area contributed by atoms with Gasteiger partial charge in [-0.05, 0) is 6.92 Å². The van der Waals surface area contributed by atoms with Gasteiger partial charge >= 0.3 is 0 Å². The van der Waals surface area contributed by atoms with E-state index in [1.54, 1.807) is 21.1 Å². The lowest BCUT2D eigenvalue weighted by Gasteiger charge is -2.23. The van der Waals surface area contributed by atoms with Gasteiger partial charge < -0.3 is 24.1 Å². The minimum absolute atomic E-state index is 0.327. The Morgan fingerprint density at radius 3 is 2.17 bits per heavy atom. The van der Waals surface area contributed by atoms with Crippen LogP contribution in [-0.4, -0.2) is 38.8 Å². The molecule has 0 spiro atoms. The van der Waals surface area contributed by atoms with Crippen LogP contribution in [-0.2, 0) is 15.9 Å². The summed E-state index contributed by atoms with van der Waals surface area (Å²) in [5.74, 6) is 1.40. The topological polar surface area (TPSA) is 57.2 Å². The molecule has 1 saturated heterocycles. The van der Waals surface area contributed by atoms with Gasteiger partial charge in [0.15, 0.2) is 6.29 Å². The average Bonchev–Trinajstić information content (AvgIpc) is 3.06. The minimum Gasteiger partial charge on any atom is -0.496 e. The Morgan fingerprint density at radius 2 is 1.65 bits per heavy atom. The van der Waals surface area contributed by atoms with E-state index in [0.717, 1.165) is 27.6 Å². The summed E-state index contributed by atoms with van der Waals surface area (Å²) in [6, 6.07) is 7.86. The first-order chi connectivity index (χ1) is 11.2. The molecule has 0 aromatic heterocycles. The Bertz CT molecular complexity index is 689. The first-order valence-electron chi connectivity index (χ1n) is 7.74. The fourth-order valence-corrected chi connectivity index (χ4v) is 3.24. The number of ether oxygens (including phenoxy) is 4. The van der Waals surface area contributed by atoms with Gasteiger partial charge in [0.25, 0.3) is 0 Å². The molecule has 5 heteroatoms. The second-order valence-corrected chi connectivity index (χ2v) is 5.56. The van der Waals surface area contributed by atoms with Crippen molar-refractivity contribution < 1.29 is 24.1 Å². The Labute approximate surface area is 135 Å². The molecule has 0 saturated carbocycles. The van der Waals surface area contributed by atoms with E-state index in [1.165, 1.54) is 0 Å². The van der Waals surface area contributed by atoms with Gasteiger partial charge in [0.05, 0.1) is 33.5 Å². The molecule has 1 heterocycles. The quantitative estimate of drug-likeness (QED) is 0.918. The summed E-state index contributed by atoms with van der Waals surface area (Å²) in [5, 5.41) is 12.2. The van der Waals surface area contributed by atoms with Crippen molar-refractivity contribution >= 4 is 10.8 Å². The number of benzene rings is 2. The van der Waals surface area contributed by atoms with Gasteiger partial charge in [-0.15, -0.1) is 0 Å². The highest BCUT2D eigenvalue weighted by Gasteiger charge is 2.27. The summed E-state index contributed by atoms with van der Waals surface area (Å²) in [5.41, 5.74) is 1.59. The fourth-order valence-electron chi connectivity index (χ4n) is 3.24. The number of methoxy groups -OCH3 is 2. The predicted octanol–water partition coefficient (Wildman–Crippen LogP) is 2.83. The maximum absolute atomic E-state index is 10.4. The normalized spacial score (nSPS) is 16.7. The molecule has 0 bridgehead atoms. The SMILES string of the molecule is COc1c(CC2OCCO2)c(C(C)O)c(OC)c2ccccc12. The van der Waals surface area contributed by atoms with Crippen molar-refractivity contribution in [2.45, 2.75) is 25.7 Å². The Balaban J connectivity index is 2.26. The van der Waals surface area contributed by atoms with E-state index in [4.69, 9.17) is 18.9 Å². The molecule has 2 aromatic rings. The molecule has 1 fully saturated rings. The standard InChI is InChI=1S/C18H22O5/c1-11(19)16-14(10-15-22-8-9-23-15)17(20-2)12-6-4-5-7-13(12)18(16)21-3/h4-7,11,15,19H,8-10H2,1-3H3. The van der Waals surface area contributed by atoms with E-state index in [1.807, 2.05) is 24.3 Å². The van der Waals surface area contributed by atoms with E-state index in [-0.39, 0.29) is 6.29 Å². The van der Waals surface area contributed by atoms with Crippen molar-refractivity contribution in [2.75, 3.05) is 27.4 Å². The van der Waals surface area contributed by atoms with E-state index in [0.29, 0.717) is 25.4 Å². The highest BCUT2D eigenvalue weighted by molar-refractivity contribution is 5.96. The van der Waals surface area contributed by atoms with Gasteiger partial charge in [0.2, 0.25) is 0 Å². The summed E-state index contributed by atoms with van der Waals surface area (Å²) in [7, 11) is 3.26. The number of hydrogen-bond acceptors (Lipinski definition) is 5. The molecular formula is C18H22O5. The zero-order valence-electron chi connectivity index (χ0n) is 13.7. The maximum Gasteiger partial charge on any atom is 0.161 e. The number of aliphatic hydroxyl groups excluding tert-OH is 1. The first-order valence-corrected chi connectivity index (χ1v) is 7.74.